The number of hydrogen-bond donors (Lipinski definition) is 2. The van der Waals surface area contributed by atoms with Gasteiger partial charge in [0.15, 0.2) is 0 Å². The number of aliphatic hydroxyl groups excluding tert-OH is 1. The zero-order chi connectivity index (χ0) is 17.0. The molecule has 0 aliphatic heterocycles. The second kappa shape index (κ2) is 7.28. The average Bonchev–Trinajstić information content (AvgIpc) is 2.80. The Hall–Kier alpha value is -1.65. The summed E-state index contributed by atoms with van der Waals surface area (Å²) in [7, 11) is 0. The molecule has 0 fully saturated rings. The van der Waals surface area contributed by atoms with Crippen molar-refractivity contribution in [1.29, 1.82) is 0 Å². The van der Waals surface area contributed by atoms with Crippen LogP contribution in [-0.2, 0) is 18.5 Å². The third-order valence-corrected chi connectivity index (χ3v) is 5.03. The normalized spacial score (nSPS) is 13.3. The quantitative estimate of drug-likeness (QED) is 0.826. The second-order valence-electron chi connectivity index (χ2n) is 6.79. The van der Waals surface area contributed by atoms with E-state index in [9.17, 15) is 0 Å². The van der Waals surface area contributed by atoms with Gasteiger partial charge in [-0.05, 0) is 26.3 Å². The Kier molecular flexibility index (Phi) is 5.60. The van der Waals surface area contributed by atoms with Crippen molar-refractivity contribution < 1.29 is 5.11 Å². The van der Waals surface area contributed by atoms with Gasteiger partial charge in [0.05, 0.1) is 18.8 Å². The molecule has 0 saturated carbocycles. The van der Waals surface area contributed by atoms with Gasteiger partial charge >= 0.3 is 0 Å². The van der Waals surface area contributed by atoms with Crippen molar-refractivity contribution in [3.63, 3.8) is 0 Å². The van der Waals surface area contributed by atoms with E-state index >= 15 is 0 Å². The van der Waals surface area contributed by atoms with Crippen LogP contribution in [-0.4, -0.2) is 27.5 Å². The molecule has 126 valence electrons. The third-order valence-electron chi connectivity index (χ3n) is 5.03. The molecule has 4 nitrogen and oxygen atoms in total. The molecular formula is C19H29N3O. The lowest BCUT2D eigenvalue weighted by Crippen LogP contribution is -2.42. The number of nitrogens with one attached hydrogen (secondary N) is 1. The Morgan fingerprint density at radius 2 is 1.87 bits per heavy atom. The van der Waals surface area contributed by atoms with E-state index < -0.39 is 0 Å². The molecule has 1 aromatic heterocycles. The average molecular weight is 315 g/mol. The number of benzene rings is 1. The van der Waals surface area contributed by atoms with Gasteiger partial charge in [-0.25, -0.2) is 0 Å². The van der Waals surface area contributed by atoms with E-state index in [2.05, 4.69) is 68.4 Å². The van der Waals surface area contributed by atoms with Gasteiger partial charge in [-0.2, -0.15) is 5.10 Å². The Bertz CT molecular complexity index is 632. The lowest BCUT2D eigenvalue weighted by Gasteiger charge is -2.33. The first-order chi connectivity index (χ1) is 10.9. The zero-order valence-electron chi connectivity index (χ0n) is 14.9. The number of rotatable bonds is 7. The Balaban J connectivity index is 2.09. The smallest absolute Gasteiger partial charge is 0.0644 e. The molecule has 0 unspecified atom stereocenters. The summed E-state index contributed by atoms with van der Waals surface area (Å²) in [4.78, 5) is 0. The van der Waals surface area contributed by atoms with E-state index in [1.54, 1.807) is 0 Å². The molecule has 2 rings (SSSR count). The Morgan fingerprint density at radius 3 is 2.48 bits per heavy atom. The Morgan fingerprint density at radius 1 is 1.22 bits per heavy atom. The summed E-state index contributed by atoms with van der Waals surface area (Å²) in [6.45, 7) is 12.3. The zero-order valence-corrected chi connectivity index (χ0v) is 14.9. The van der Waals surface area contributed by atoms with Gasteiger partial charge in [-0.1, -0.05) is 44.2 Å². The van der Waals surface area contributed by atoms with Crippen LogP contribution in [0.4, 0.5) is 0 Å². The summed E-state index contributed by atoms with van der Waals surface area (Å²) >= 11 is 0. The molecule has 0 aliphatic carbocycles. The van der Waals surface area contributed by atoms with Crippen molar-refractivity contribution in [2.45, 2.75) is 59.2 Å². The van der Waals surface area contributed by atoms with Gasteiger partial charge in [-0.15, -0.1) is 0 Å². The van der Waals surface area contributed by atoms with Crippen LogP contribution in [0.25, 0.3) is 0 Å². The fourth-order valence-corrected chi connectivity index (χ4v) is 2.93. The molecular weight excluding hydrogens is 286 g/mol. The highest BCUT2D eigenvalue weighted by Crippen LogP contribution is 2.27. The van der Waals surface area contributed by atoms with Gasteiger partial charge < -0.3 is 10.4 Å². The van der Waals surface area contributed by atoms with Crippen LogP contribution < -0.4 is 5.32 Å². The van der Waals surface area contributed by atoms with E-state index in [0.717, 1.165) is 17.9 Å². The fraction of sp³-hybridized carbons (Fsp3) is 0.526. The monoisotopic (exact) mass is 315 g/mol. The first-order valence-corrected chi connectivity index (χ1v) is 8.30. The molecule has 1 atom stereocenters. The topological polar surface area (TPSA) is 50.1 Å². The lowest BCUT2D eigenvalue weighted by molar-refractivity contribution is 0.267. The first kappa shape index (κ1) is 17.7. The standard InChI is InChI=1S/C19H29N3O/c1-14-18(15(2)22(21-14)11-12-23)13-20-16(3)19(4,5)17-9-7-6-8-10-17/h6-10,16,20,23H,11-13H2,1-5H3/t16-/m0/s1. The minimum atomic E-state index is 0.0458. The minimum Gasteiger partial charge on any atom is -0.394 e. The molecule has 0 saturated heterocycles. The van der Waals surface area contributed by atoms with Gasteiger partial charge in [-0.3, -0.25) is 4.68 Å². The maximum absolute atomic E-state index is 9.12. The minimum absolute atomic E-state index is 0.0458. The van der Waals surface area contributed by atoms with E-state index in [4.69, 9.17) is 5.11 Å². The van der Waals surface area contributed by atoms with Crippen molar-refractivity contribution in [2.24, 2.45) is 0 Å². The maximum atomic E-state index is 9.12. The second-order valence-corrected chi connectivity index (χ2v) is 6.79. The van der Waals surface area contributed by atoms with E-state index in [1.165, 1.54) is 11.1 Å². The summed E-state index contributed by atoms with van der Waals surface area (Å²) in [5.41, 5.74) is 4.78. The van der Waals surface area contributed by atoms with Crippen molar-refractivity contribution >= 4 is 0 Å². The molecule has 0 radical (unpaired) electrons. The number of aromatic nitrogens is 2. The summed E-state index contributed by atoms with van der Waals surface area (Å²) in [6.07, 6.45) is 0. The lowest BCUT2D eigenvalue weighted by atomic mass is 9.78. The van der Waals surface area contributed by atoms with Crippen molar-refractivity contribution in [1.82, 2.24) is 15.1 Å². The van der Waals surface area contributed by atoms with Crippen LogP contribution in [0.15, 0.2) is 30.3 Å². The molecule has 4 heteroatoms. The largest absolute Gasteiger partial charge is 0.394 e. The number of aliphatic hydroxyl groups is 1. The van der Waals surface area contributed by atoms with Crippen molar-refractivity contribution in [3.05, 3.63) is 52.8 Å². The van der Waals surface area contributed by atoms with E-state index in [-0.39, 0.29) is 12.0 Å². The molecule has 23 heavy (non-hydrogen) atoms. The van der Waals surface area contributed by atoms with Crippen LogP contribution in [0.1, 0.15) is 43.3 Å². The molecule has 1 aromatic carbocycles. The van der Waals surface area contributed by atoms with Gasteiger partial charge in [0.1, 0.15) is 0 Å². The van der Waals surface area contributed by atoms with Crippen LogP contribution in [0.2, 0.25) is 0 Å². The molecule has 2 aromatic rings. The highest BCUT2D eigenvalue weighted by atomic mass is 16.3. The predicted octanol–water partition coefficient (Wildman–Crippen LogP) is 2.95. The maximum Gasteiger partial charge on any atom is 0.0644 e. The first-order valence-electron chi connectivity index (χ1n) is 8.30. The van der Waals surface area contributed by atoms with Crippen molar-refractivity contribution in [3.8, 4) is 0 Å². The summed E-state index contributed by atoms with van der Waals surface area (Å²) < 4.78 is 1.89. The predicted molar refractivity (Wildman–Crippen MR) is 94.6 cm³/mol. The van der Waals surface area contributed by atoms with Crippen LogP contribution >= 0.6 is 0 Å². The van der Waals surface area contributed by atoms with Gasteiger partial charge in [0.25, 0.3) is 0 Å². The summed E-state index contributed by atoms with van der Waals surface area (Å²) in [5.74, 6) is 0. The molecule has 1 heterocycles. The van der Waals surface area contributed by atoms with Crippen LogP contribution in [0.5, 0.6) is 0 Å². The van der Waals surface area contributed by atoms with Gasteiger partial charge in [0, 0.05) is 29.3 Å². The van der Waals surface area contributed by atoms with Gasteiger partial charge in [0.2, 0.25) is 0 Å². The summed E-state index contributed by atoms with van der Waals surface area (Å²) in [5, 5.41) is 17.3. The van der Waals surface area contributed by atoms with Crippen LogP contribution in [0.3, 0.4) is 0 Å². The number of hydrogen-bond acceptors (Lipinski definition) is 3. The molecule has 0 spiro atoms. The molecule has 0 aliphatic rings. The van der Waals surface area contributed by atoms with E-state index in [0.29, 0.717) is 12.6 Å². The van der Waals surface area contributed by atoms with Crippen molar-refractivity contribution in [2.75, 3.05) is 6.61 Å². The number of nitrogens with zero attached hydrogens (tertiary/aromatic N) is 2. The number of aryl methyl sites for hydroxylation is 1. The fourth-order valence-electron chi connectivity index (χ4n) is 2.93. The SMILES string of the molecule is Cc1nn(CCO)c(C)c1CN[C@@H](C)C(C)(C)c1ccccc1. The highest BCUT2D eigenvalue weighted by Gasteiger charge is 2.27. The molecule has 0 amide bonds. The molecule has 2 N–H and O–H groups in total. The summed E-state index contributed by atoms with van der Waals surface area (Å²) in [6, 6.07) is 10.9. The van der Waals surface area contributed by atoms with Crippen LogP contribution in [0, 0.1) is 13.8 Å². The van der Waals surface area contributed by atoms with E-state index in [1.807, 2.05) is 11.6 Å². The molecule has 0 bridgehead atoms. The Labute approximate surface area is 139 Å². The third kappa shape index (κ3) is 3.82. The highest BCUT2D eigenvalue weighted by molar-refractivity contribution is 5.27.